The SMILES string of the molecule is CC(NC(=O)C(C)(C)C)C(=O)N1CCC(CO)CC1. The molecule has 2 amide bonds. The molecule has 1 heterocycles. The van der Waals surface area contributed by atoms with Crippen LogP contribution in [0, 0.1) is 11.3 Å². The molecule has 1 unspecified atom stereocenters. The van der Waals surface area contributed by atoms with Crippen molar-refractivity contribution >= 4 is 11.8 Å². The van der Waals surface area contributed by atoms with Crippen LogP contribution in [0.4, 0.5) is 0 Å². The van der Waals surface area contributed by atoms with Gasteiger partial charge < -0.3 is 15.3 Å². The Morgan fingerprint density at radius 2 is 1.84 bits per heavy atom. The lowest BCUT2D eigenvalue weighted by atomic mass is 9.95. The first-order valence-corrected chi connectivity index (χ1v) is 6.96. The fourth-order valence-electron chi connectivity index (χ4n) is 2.08. The third-order valence-electron chi connectivity index (χ3n) is 3.58. The van der Waals surface area contributed by atoms with Crippen molar-refractivity contribution < 1.29 is 14.7 Å². The summed E-state index contributed by atoms with van der Waals surface area (Å²) in [4.78, 5) is 25.8. The summed E-state index contributed by atoms with van der Waals surface area (Å²) in [5.41, 5.74) is -0.488. The van der Waals surface area contributed by atoms with Crippen molar-refractivity contribution in [2.24, 2.45) is 11.3 Å². The highest BCUT2D eigenvalue weighted by Gasteiger charge is 2.29. The molecule has 5 nitrogen and oxygen atoms in total. The van der Waals surface area contributed by atoms with Crippen LogP contribution in [0.5, 0.6) is 0 Å². The molecular formula is C14H26N2O3. The number of likely N-dealkylation sites (tertiary alicyclic amines) is 1. The van der Waals surface area contributed by atoms with Crippen LogP contribution in [0.1, 0.15) is 40.5 Å². The molecule has 0 spiro atoms. The van der Waals surface area contributed by atoms with Gasteiger partial charge >= 0.3 is 0 Å². The van der Waals surface area contributed by atoms with Gasteiger partial charge in [-0.25, -0.2) is 0 Å². The van der Waals surface area contributed by atoms with Gasteiger partial charge in [-0.3, -0.25) is 9.59 Å². The second-order valence-corrected chi connectivity index (χ2v) is 6.40. The van der Waals surface area contributed by atoms with Gasteiger partial charge in [-0.2, -0.15) is 0 Å². The number of carbonyl (C=O) groups is 2. The van der Waals surface area contributed by atoms with Crippen LogP contribution in [0.3, 0.4) is 0 Å². The van der Waals surface area contributed by atoms with Crippen molar-refractivity contribution in [2.45, 2.75) is 46.6 Å². The minimum atomic E-state index is -0.489. The number of amides is 2. The van der Waals surface area contributed by atoms with Gasteiger partial charge in [0.2, 0.25) is 11.8 Å². The number of aliphatic hydroxyl groups is 1. The zero-order valence-electron chi connectivity index (χ0n) is 12.4. The van der Waals surface area contributed by atoms with E-state index in [0.29, 0.717) is 19.0 Å². The monoisotopic (exact) mass is 270 g/mol. The molecule has 110 valence electrons. The molecule has 1 rings (SSSR count). The van der Waals surface area contributed by atoms with E-state index in [2.05, 4.69) is 5.32 Å². The molecule has 1 saturated heterocycles. The zero-order chi connectivity index (χ0) is 14.6. The summed E-state index contributed by atoms with van der Waals surface area (Å²) >= 11 is 0. The first kappa shape index (κ1) is 16.0. The predicted molar refractivity (Wildman–Crippen MR) is 73.4 cm³/mol. The van der Waals surface area contributed by atoms with E-state index < -0.39 is 11.5 Å². The summed E-state index contributed by atoms with van der Waals surface area (Å²) in [5.74, 6) is 0.163. The summed E-state index contributed by atoms with van der Waals surface area (Å²) in [6, 6.07) is -0.489. The van der Waals surface area contributed by atoms with E-state index in [0.717, 1.165) is 12.8 Å². The smallest absolute Gasteiger partial charge is 0.244 e. The van der Waals surface area contributed by atoms with Crippen LogP contribution in [0.2, 0.25) is 0 Å². The van der Waals surface area contributed by atoms with E-state index in [9.17, 15) is 9.59 Å². The van der Waals surface area contributed by atoms with E-state index in [4.69, 9.17) is 5.11 Å². The number of hydrogen-bond donors (Lipinski definition) is 2. The van der Waals surface area contributed by atoms with Gasteiger partial charge in [0.1, 0.15) is 6.04 Å². The Morgan fingerprint density at radius 1 is 1.32 bits per heavy atom. The van der Waals surface area contributed by atoms with Crippen LogP contribution in [0.25, 0.3) is 0 Å². The minimum Gasteiger partial charge on any atom is -0.396 e. The number of hydrogen-bond acceptors (Lipinski definition) is 3. The third kappa shape index (κ3) is 4.49. The first-order valence-electron chi connectivity index (χ1n) is 6.96. The van der Waals surface area contributed by atoms with E-state index in [1.807, 2.05) is 20.8 Å². The standard InChI is InChI=1S/C14H26N2O3/c1-10(15-13(19)14(2,3)4)12(18)16-7-5-11(9-17)6-8-16/h10-11,17H,5-9H2,1-4H3,(H,15,19). The minimum absolute atomic E-state index is 0.0333. The van der Waals surface area contributed by atoms with Gasteiger partial charge in [0.25, 0.3) is 0 Å². The maximum absolute atomic E-state index is 12.2. The highest BCUT2D eigenvalue weighted by atomic mass is 16.3. The van der Waals surface area contributed by atoms with Crippen LogP contribution in [-0.2, 0) is 9.59 Å². The van der Waals surface area contributed by atoms with Gasteiger partial charge in [-0.15, -0.1) is 0 Å². The molecule has 0 aromatic carbocycles. The molecule has 5 heteroatoms. The summed E-state index contributed by atoms with van der Waals surface area (Å²) in [6.45, 7) is 8.73. The molecule has 2 N–H and O–H groups in total. The van der Waals surface area contributed by atoms with Crippen LogP contribution >= 0.6 is 0 Å². The van der Waals surface area contributed by atoms with Gasteiger partial charge in [0.15, 0.2) is 0 Å². The molecule has 0 bridgehead atoms. The summed E-state index contributed by atoms with van der Waals surface area (Å²) in [5, 5.41) is 11.8. The molecule has 0 aliphatic carbocycles. The lowest BCUT2D eigenvalue weighted by Crippen LogP contribution is -2.51. The molecule has 0 aromatic rings. The second-order valence-electron chi connectivity index (χ2n) is 6.40. The van der Waals surface area contributed by atoms with Crippen LogP contribution in [-0.4, -0.2) is 47.6 Å². The van der Waals surface area contributed by atoms with Gasteiger partial charge in [0.05, 0.1) is 0 Å². The van der Waals surface area contributed by atoms with E-state index >= 15 is 0 Å². The number of rotatable bonds is 3. The Labute approximate surface area is 115 Å². The Hall–Kier alpha value is -1.10. The molecular weight excluding hydrogens is 244 g/mol. The number of nitrogens with one attached hydrogen (secondary N) is 1. The van der Waals surface area contributed by atoms with Crippen molar-refractivity contribution in [3.8, 4) is 0 Å². The normalized spacial score (nSPS) is 19.1. The Kier molecular flexibility index (Phi) is 5.35. The van der Waals surface area contributed by atoms with E-state index in [-0.39, 0.29) is 18.4 Å². The van der Waals surface area contributed by atoms with Crippen LogP contribution in [0.15, 0.2) is 0 Å². The summed E-state index contributed by atoms with van der Waals surface area (Å²) in [6.07, 6.45) is 1.67. The second kappa shape index (κ2) is 6.37. The van der Waals surface area contributed by atoms with Gasteiger partial charge in [0, 0.05) is 25.1 Å². The van der Waals surface area contributed by atoms with Gasteiger partial charge in [-0.05, 0) is 25.7 Å². The first-order chi connectivity index (χ1) is 8.75. The van der Waals surface area contributed by atoms with E-state index in [1.54, 1.807) is 11.8 Å². The number of aliphatic hydroxyl groups excluding tert-OH is 1. The highest BCUT2D eigenvalue weighted by molar-refractivity contribution is 5.89. The maximum Gasteiger partial charge on any atom is 0.244 e. The molecule has 19 heavy (non-hydrogen) atoms. The van der Waals surface area contributed by atoms with Crippen molar-refractivity contribution in [3.63, 3.8) is 0 Å². The third-order valence-corrected chi connectivity index (χ3v) is 3.58. The molecule has 0 saturated carbocycles. The molecule has 1 aliphatic rings. The topological polar surface area (TPSA) is 69.6 Å². The van der Waals surface area contributed by atoms with Crippen LogP contribution < -0.4 is 5.32 Å². The molecule has 0 aromatic heterocycles. The van der Waals surface area contributed by atoms with Gasteiger partial charge in [-0.1, -0.05) is 20.8 Å². The fourth-order valence-corrected chi connectivity index (χ4v) is 2.08. The molecule has 1 fully saturated rings. The van der Waals surface area contributed by atoms with Crippen molar-refractivity contribution in [1.29, 1.82) is 0 Å². The average molecular weight is 270 g/mol. The predicted octanol–water partition coefficient (Wildman–Crippen LogP) is 0.768. The molecule has 1 aliphatic heterocycles. The molecule has 1 atom stereocenters. The highest BCUT2D eigenvalue weighted by Crippen LogP contribution is 2.17. The lowest BCUT2D eigenvalue weighted by Gasteiger charge is -2.33. The zero-order valence-corrected chi connectivity index (χ0v) is 12.4. The molecule has 0 radical (unpaired) electrons. The number of piperidine rings is 1. The summed E-state index contributed by atoms with van der Waals surface area (Å²) < 4.78 is 0. The fraction of sp³-hybridized carbons (Fsp3) is 0.857. The Bertz CT molecular complexity index is 328. The Morgan fingerprint density at radius 3 is 2.26 bits per heavy atom. The van der Waals surface area contributed by atoms with Crippen molar-refractivity contribution in [1.82, 2.24) is 10.2 Å². The van der Waals surface area contributed by atoms with Crippen molar-refractivity contribution in [3.05, 3.63) is 0 Å². The Balaban J connectivity index is 2.47. The number of nitrogens with zero attached hydrogens (tertiary/aromatic N) is 1. The lowest BCUT2D eigenvalue weighted by molar-refractivity contribution is -0.139. The average Bonchev–Trinajstić information content (AvgIpc) is 2.36. The maximum atomic E-state index is 12.2. The largest absolute Gasteiger partial charge is 0.396 e. The van der Waals surface area contributed by atoms with E-state index in [1.165, 1.54) is 0 Å². The number of carbonyl (C=O) groups excluding carboxylic acids is 2. The summed E-state index contributed by atoms with van der Waals surface area (Å²) in [7, 11) is 0. The van der Waals surface area contributed by atoms with Crippen molar-refractivity contribution in [2.75, 3.05) is 19.7 Å². The quantitative estimate of drug-likeness (QED) is 0.796.